The molecule has 6 N–H and O–H groups in total. The molecule has 1 aliphatic rings. The van der Waals surface area contributed by atoms with Gasteiger partial charge in [0.05, 0.1) is 25.9 Å². The van der Waals surface area contributed by atoms with Gasteiger partial charge in [0, 0.05) is 5.92 Å². The first-order valence-corrected chi connectivity index (χ1v) is 7.24. The lowest BCUT2D eigenvalue weighted by Gasteiger charge is -2.40. The van der Waals surface area contributed by atoms with E-state index >= 15 is 0 Å². The summed E-state index contributed by atoms with van der Waals surface area (Å²) < 4.78 is 10.0. The van der Waals surface area contributed by atoms with Gasteiger partial charge in [-0.2, -0.15) is 0 Å². The van der Waals surface area contributed by atoms with Crippen molar-refractivity contribution in [1.82, 2.24) is 0 Å². The van der Waals surface area contributed by atoms with Crippen LogP contribution in [-0.4, -0.2) is 69.0 Å². The standard InChI is InChI=1S/C15H22O8/c1-22-11-4-7(2-3-9(11)17)10(18)5-8-13(19)14(20)12(6-16)23-15(8)21/h2-4,8,10,12-21H,5-6H2,1H3/t8-,10?,12+,13+,14+,15?/m0/s1. The highest BCUT2D eigenvalue weighted by atomic mass is 16.6. The van der Waals surface area contributed by atoms with Gasteiger partial charge in [-0.3, -0.25) is 0 Å². The predicted molar refractivity (Wildman–Crippen MR) is 77.7 cm³/mol. The summed E-state index contributed by atoms with van der Waals surface area (Å²) in [6.45, 7) is -0.542. The van der Waals surface area contributed by atoms with E-state index in [1.165, 1.54) is 25.3 Å². The van der Waals surface area contributed by atoms with Crippen LogP contribution in [0.4, 0.5) is 0 Å². The maximum Gasteiger partial charge on any atom is 0.160 e. The summed E-state index contributed by atoms with van der Waals surface area (Å²) >= 11 is 0. The average Bonchev–Trinajstić information content (AvgIpc) is 2.55. The fourth-order valence-corrected chi connectivity index (χ4v) is 2.70. The van der Waals surface area contributed by atoms with Crippen LogP contribution in [0.2, 0.25) is 0 Å². The summed E-state index contributed by atoms with van der Waals surface area (Å²) in [5, 5.41) is 58.7. The van der Waals surface area contributed by atoms with E-state index in [9.17, 15) is 25.5 Å². The molecule has 1 aromatic rings. The Labute approximate surface area is 133 Å². The molecular formula is C15H22O8. The number of phenols is 1. The number of rotatable bonds is 5. The fraction of sp³-hybridized carbons (Fsp3) is 0.600. The minimum absolute atomic E-state index is 0.0780. The molecule has 1 aromatic carbocycles. The van der Waals surface area contributed by atoms with E-state index in [1.54, 1.807) is 0 Å². The number of benzene rings is 1. The Hall–Kier alpha value is -1.42. The minimum Gasteiger partial charge on any atom is -0.504 e. The van der Waals surface area contributed by atoms with Crippen LogP contribution < -0.4 is 4.74 Å². The van der Waals surface area contributed by atoms with Crippen LogP contribution in [0.3, 0.4) is 0 Å². The normalized spacial score (nSPS) is 32.5. The smallest absolute Gasteiger partial charge is 0.160 e. The van der Waals surface area contributed by atoms with Crippen LogP contribution in [0.5, 0.6) is 11.5 Å². The largest absolute Gasteiger partial charge is 0.504 e. The second kappa shape index (κ2) is 7.43. The third-order valence-electron chi connectivity index (χ3n) is 4.11. The van der Waals surface area contributed by atoms with E-state index in [2.05, 4.69) is 0 Å². The number of aromatic hydroxyl groups is 1. The van der Waals surface area contributed by atoms with Crippen molar-refractivity contribution < 1.29 is 40.1 Å². The minimum atomic E-state index is -1.43. The molecule has 0 amide bonds. The zero-order valence-electron chi connectivity index (χ0n) is 12.6. The molecule has 0 aliphatic carbocycles. The van der Waals surface area contributed by atoms with Gasteiger partial charge in [0.1, 0.15) is 12.2 Å². The van der Waals surface area contributed by atoms with Gasteiger partial charge in [0.2, 0.25) is 0 Å². The van der Waals surface area contributed by atoms with E-state index in [0.717, 1.165) is 0 Å². The first kappa shape index (κ1) is 17.9. The van der Waals surface area contributed by atoms with Crippen molar-refractivity contribution in [2.24, 2.45) is 5.92 Å². The third kappa shape index (κ3) is 3.74. The second-order valence-corrected chi connectivity index (χ2v) is 5.58. The molecule has 8 nitrogen and oxygen atoms in total. The summed E-state index contributed by atoms with van der Waals surface area (Å²) in [7, 11) is 1.37. The van der Waals surface area contributed by atoms with Crippen molar-refractivity contribution >= 4 is 0 Å². The van der Waals surface area contributed by atoms with Crippen LogP contribution in [-0.2, 0) is 4.74 Å². The molecule has 0 radical (unpaired) electrons. The van der Waals surface area contributed by atoms with Gasteiger partial charge < -0.3 is 40.1 Å². The Morgan fingerprint density at radius 1 is 1.22 bits per heavy atom. The van der Waals surface area contributed by atoms with Crippen molar-refractivity contribution in [2.75, 3.05) is 13.7 Å². The van der Waals surface area contributed by atoms with E-state index in [-0.39, 0.29) is 17.9 Å². The SMILES string of the molecule is COc1cc(C(O)C[C@@H]2C(O)O[C@H](CO)[C@@H](O)[C@@H]2O)ccc1O. The summed E-state index contributed by atoms with van der Waals surface area (Å²) in [5.74, 6) is -0.837. The molecule has 1 aliphatic heterocycles. The zero-order valence-corrected chi connectivity index (χ0v) is 12.6. The Morgan fingerprint density at radius 2 is 1.91 bits per heavy atom. The summed E-state index contributed by atoms with van der Waals surface area (Å²) in [6, 6.07) is 4.28. The monoisotopic (exact) mass is 330 g/mol. The quantitative estimate of drug-likeness (QED) is 0.399. The highest BCUT2D eigenvalue weighted by molar-refractivity contribution is 5.42. The molecule has 130 valence electrons. The Balaban J connectivity index is 2.11. The van der Waals surface area contributed by atoms with Crippen molar-refractivity contribution in [1.29, 1.82) is 0 Å². The Morgan fingerprint density at radius 3 is 2.52 bits per heavy atom. The lowest BCUT2D eigenvalue weighted by atomic mass is 9.85. The van der Waals surface area contributed by atoms with Gasteiger partial charge in [-0.1, -0.05) is 6.07 Å². The highest BCUT2D eigenvalue weighted by Crippen LogP contribution is 2.35. The Bertz CT molecular complexity index is 522. The summed E-state index contributed by atoms with van der Waals surface area (Å²) in [4.78, 5) is 0. The zero-order chi connectivity index (χ0) is 17.1. The fourth-order valence-electron chi connectivity index (χ4n) is 2.70. The van der Waals surface area contributed by atoms with Crippen LogP contribution in [0.15, 0.2) is 18.2 Å². The molecule has 23 heavy (non-hydrogen) atoms. The average molecular weight is 330 g/mol. The van der Waals surface area contributed by atoms with Gasteiger partial charge in [-0.15, -0.1) is 0 Å². The molecule has 2 unspecified atom stereocenters. The van der Waals surface area contributed by atoms with Gasteiger partial charge in [0.25, 0.3) is 0 Å². The molecular weight excluding hydrogens is 308 g/mol. The molecule has 1 heterocycles. The van der Waals surface area contributed by atoms with Crippen molar-refractivity contribution in [2.45, 2.75) is 37.1 Å². The molecule has 1 fully saturated rings. The number of hydrogen-bond acceptors (Lipinski definition) is 8. The van der Waals surface area contributed by atoms with Gasteiger partial charge in [-0.25, -0.2) is 0 Å². The lowest BCUT2D eigenvalue weighted by molar-refractivity contribution is -0.273. The number of aliphatic hydroxyl groups is 5. The van der Waals surface area contributed by atoms with Crippen LogP contribution in [0.1, 0.15) is 18.1 Å². The van der Waals surface area contributed by atoms with Gasteiger partial charge in [-0.05, 0) is 24.1 Å². The van der Waals surface area contributed by atoms with Crippen LogP contribution >= 0.6 is 0 Å². The molecule has 1 saturated heterocycles. The van der Waals surface area contributed by atoms with Crippen molar-refractivity contribution in [3.63, 3.8) is 0 Å². The molecule has 6 atom stereocenters. The molecule has 8 heteroatoms. The van der Waals surface area contributed by atoms with E-state index < -0.39 is 43.2 Å². The maximum absolute atomic E-state index is 10.3. The molecule has 2 rings (SSSR count). The number of ether oxygens (including phenoxy) is 2. The van der Waals surface area contributed by atoms with E-state index in [0.29, 0.717) is 5.56 Å². The number of aliphatic hydroxyl groups excluding tert-OH is 5. The van der Waals surface area contributed by atoms with E-state index in [1.807, 2.05) is 0 Å². The first-order valence-electron chi connectivity index (χ1n) is 7.24. The topological polar surface area (TPSA) is 140 Å². The van der Waals surface area contributed by atoms with Gasteiger partial charge in [0.15, 0.2) is 17.8 Å². The molecule has 0 bridgehead atoms. The number of phenolic OH excluding ortho intramolecular Hbond substituents is 1. The van der Waals surface area contributed by atoms with Crippen LogP contribution in [0, 0.1) is 5.92 Å². The third-order valence-corrected chi connectivity index (χ3v) is 4.11. The highest BCUT2D eigenvalue weighted by Gasteiger charge is 2.44. The molecule has 0 saturated carbocycles. The van der Waals surface area contributed by atoms with E-state index in [4.69, 9.17) is 14.6 Å². The first-order chi connectivity index (χ1) is 10.9. The molecule has 0 aromatic heterocycles. The second-order valence-electron chi connectivity index (χ2n) is 5.58. The molecule has 0 spiro atoms. The van der Waals surface area contributed by atoms with Crippen molar-refractivity contribution in [3.05, 3.63) is 23.8 Å². The van der Waals surface area contributed by atoms with Crippen LogP contribution in [0.25, 0.3) is 0 Å². The van der Waals surface area contributed by atoms with Crippen molar-refractivity contribution in [3.8, 4) is 11.5 Å². The summed E-state index contributed by atoms with van der Waals surface area (Å²) in [6.07, 6.45) is -6.41. The predicted octanol–water partition coefficient (Wildman–Crippen LogP) is -1.13. The summed E-state index contributed by atoms with van der Waals surface area (Å²) in [5.41, 5.74) is 0.415. The Kier molecular flexibility index (Phi) is 5.79. The lowest BCUT2D eigenvalue weighted by Crippen LogP contribution is -2.55. The maximum atomic E-state index is 10.3. The van der Waals surface area contributed by atoms with Gasteiger partial charge >= 0.3 is 0 Å². The number of hydrogen-bond donors (Lipinski definition) is 6. The number of methoxy groups -OCH3 is 1.